The van der Waals surface area contributed by atoms with Gasteiger partial charge in [0.15, 0.2) is 0 Å². The molecule has 1 aliphatic rings. The molecule has 0 unspecified atom stereocenters. The second-order valence-corrected chi connectivity index (χ2v) is 5.18. The average Bonchev–Trinajstić information content (AvgIpc) is 2.33. The van der Waals surface area contributed by atoms with E-state index in [1.54, 1.807) is 0 Å². The fourth-order valence-corrected chi connectivity index (χ4v) is 2.66. The molecular weight excluding hydrogens is 222 g/mol. The van der Waals surface area contributed by atoms with Crippen molar-refractivity contribution < 1.29 is 0 Å². The van der Waals surface area contributed by atoms with E-state index in [0.717, 1.165) is 17.9 Å². The maximum Gasteiger partial charge on any atom is 0.0549 e. The summed E-state index contributed by atoms with van der Waals surface area (Å²) in [6.07, 6.45) is 13.3. The lowest BCUT2D eigenvalue weighted by atomic mass is 9.96. The van der Waals surface area contributed by atoms with Gasteiger partial charge in [0.1, 0.15) is 0 Å². The smallest absolute Gasteiger partial charge is 0.0549 e. The lowest BCUT2D eigenvalue weighted by molar-refractivity contribution is 0.471. The minimum Gasteiger partial charge on any atom is -0.384 e. The summed E-state index contributed by atoms with van der Waals surface area (Å²) in [4.78, 5) is 4.29. The molecule has 0 radical (unpaired) electrons. The van der Waals surface area contributed by atoms with E-state index in [1.165, 1.54) is 44.9 Å². The number of anilines is 2. The molecule has 18 heavy (non-hydrogen) atoms. The molecule has 0 aromatic carbocycles. The predicted molar refractivity (Wildman–Crippen MR) is 78.1 cm³/mol. The molecule has 100 valence electrons. The first-order valence-electron chi connectivity index (χ1n) is 7.34. The molecule has 0 saturated heterocycles. The molecule has 1 saturated carbocycles. The van der Waals surface area contributed by atoms with Gasteiger partial charge in [-0.25, -0.2) is 0 Å². The summed E-state index contributed by atoms with van der Waals surface area (Å²) in [6, 6.07) is 2.79. The number of rotatable bonds is 4. The molecule has 1 aromatic rings. The summed E-state index contributed by atoms with van der Waals surface area (Å²) in [6.45, 7) is 3.05. The SMILES string of the molecule is CCNc1cncc(NC2CCCCCCC2)c1. The average molecular weight is 247 g/mol. The van der Waals surface area contributed by atoms with Crippen LogP contribution in [0.25, 0.3) is 0 Å². The third-order valence-electron chi connectivity index (χ3n) is 3.60. The maximum atomic E-state index is 4.29. The Kier molecular flexibility index (Phi) is 5.31. The predicted octanol–water partition coefficient (Wildman–Crippen LogP) is 4.04. The number of hydrogen-bond acceptors (Lipinski definition) is 3. The van der Waals surface area contributed by atoms with Crippen LogP contribution in [-0.2, 0) is 0 Å². The molecule has 0 aliphatic heterocycles. The normalized spacial score (nSPS) is 17.8. The third-order valence-corrected chi connectivity index (χ3v) is 3.60. The topological polar surface area (TPSA) is 37.0 Å². The zero-order valence-electron chi connectivity index (χ0n) is 11.4. The Morgan fingerprint density at radius 1 is 1.06 bits per heavy atom. The van der Waals surface area contributed by atoms with Crippen LogP contribution in [0.4, 0.5) is 11.4 Å². The Labute approximate surface area is 110 Å². The molecular formula is C15H25N3. The van der Waals surface area contributed by atoms with Crippen LogP contribution in [0.1, 0.15) is 51.9 Å². The molecule has 1 heterocycles. The second-order valence-electron chi connectivity index (χ2n) is 5.18. The molecule has 1 fully saturated rings. The highest BCUT2D eigenvalue weighted by Crippen LogP contribution is 2.21. The van der Waals surface area contributed by atoms with Gasteiger partial charge in [0.05, 0.1) is 23.8 Å². The van der Waals surface area contributed by atoms with Gasteiger partial charge in [-0.2, -0.15) is 0 Å². The highest BCUT2D eigenvalue weighted by atomic mass is 14.9. The third kappa shape index (κ3) is 4.21. The lowest BCUT2D eigenvalue weighted by Crippen LogP contribution is -2.20. The summed E-state index contributed by atoms with van der Waals surface area (Å²) in [5.74, 6) is 0. The Morgan fingerprint density at radius 2 is 1.72 bits per heavy atom. The zero-order valence-corrected chi connectivity index (χ0v) is 11.4. The van der Waals surface area contributed by atoms with Gasteiger partial charge in [-0.05, 0) is 25.8 Å². The van der Waals surface area contributed by atoms with E-state index in [-0.39, 0.29) is 0 Å². The Morgan fingerprint density at radius 3 is 2.44 bits per heavy atom. The molecule has 1 aliphatic carbocycles. The van der Waals surface area contributed by atoms with Gasteiger partial charge < -0.3 is 10.6 Å². The van der Waals surface area contributed by atoms with Gasteiger partial charge in [-0.1, -0.05) is 32.1 Å². The first-order valence-corrected chi connectivity index (χ1v) is 7.34. The van der Waals surface area contributed by atoms with Gasteiger partial charge in [0, 0.05) is 12.6 Å². The highest BCUT2D eigenvalue weighted by Gasteiger charge is 2.11. The minimum absolute atomic E-state index is 0.629. The van der Waals surface area contributed by atoms with Gasteiger partial charge in [-0.15, -0.1) is 0 Å². The Hall–Kier alpha value is -1.25. The van der Waals surface area contributed by atoms with Crippen molar-refractivity contribution in [2.75, 3.05) is 17.2 Å². The van der Waals surface area contributed by atoms with Crippen LogP contribution in [0.2, 0.25) is 0 Å². The van der Waals surface area contributed by atoms with E-state index in [2.05, 4.69) is 28.6 Å². The quantitative estimate of drug-likeness (QED) is 0.843. The van der Waals surface area contributed by atoms with Crippen molar-refractivity contribution in [2.45, 2.75) is 57.9 Å². The fourth-order valence-electron chi connectivity index (χ4n) is 2.66. The Bertz CT molecular complexity index is 343. The largest absolute Gasteiger partial charge is 0.384 e. The standard InChI is InChI=1S/C15H25N3/c1-2-17-14-10-15(12-16-11-14)18-13-8-6-4-3-5-7-9-13/h10-13,17-18H,2-9H2,1H3. The molecule has 0 spiro atoms. The van der Waals surface area contributed by atoms with Crippen molar-refractivity contribution in [1.82, 2.24) is 4.98 Å². The number of nitrogens with one attached hydrogen (secondary N) is 2. The van der Waals surface area contributed by atoms with Crippen LogP contribution < -0.4 is 10.6 Å². The number of hydrogen-bond donors (Lipinski definition) is 2. The van der Waals surface area contributed by atoms with Gasteiger partial charge in [0.25, 0.3) is 0 Å². The van der Waals surface area contributed by atoms with Gasteiger partial charge in [-0.3, -0.25) is 4.98 Å². The van der Waals surface area contributed by atoms with Crippen molar-refractivity contribution in [3.05, 3.63) is 18.5 Å². The zero-order chi connectivity index (χ0) is 12.6. The molecule has 3 heteroatoms. The number of nitrogens with zero attached hydrogens (tertiary/aromatic N) is 1. The molecule has 2 N–H and O–H groups in total. The van der Waals surface area contributed by atoms with Crippen molar-refractivity contribution in [3.8, 4) is 0 Å². The minimum atomic E-state index is 0.629. The van der Waals surface area contributed by atoms with E-state index >= 15 is 0 Å². The van der Waals surface area contributed by atoms with Crippen LogP contribution in [0, 0.1) is 0 Å². The molecule has 0 bridgehead atoms. The molecule has 3 nitrogen and oxygen atoms in total. The first-order chi connectivity index (χ1) is 8.88. The van der Waals surface area contributed by atoms with Crippen LogP contribution in [0.3, 0.4) is 0 Å². The molecule has 0 atom stereocenters. The van der Waals surface area contributed by atoms with Crippen LogP contribution in [0.15, 0.2) is 18.5 Å². The van der Waals surface area contributed by atoms with Gasteiger partial charge in [0.2, 0.25) is 0 Å². The molecule has 2 rings (SSSR count). The summed E-state index contributed by atoms with van der Waals surface area (Å²) in [7, 11) is 0. The van der Waals surface area contributed by atoms with Crippen LogP contribution in [-0.4, -0.2) is 17.6 Å². The number of aromatic nitrogens is 1. The fraction of sp³-hybridized carbons (Fsp3) is 0.667. The highest BCUT2D eigenvalue weighted by molar-refractivity contribution is 5.54. The van der Waals surface area contributed by atoms with Crippen molar-refractivity contribution in [2.24, 2.45) is 0 Å². The van der Waals surface area contributed by atoms with E-state index in [4.69, 9.17) is 0 Å². The number of pyridine rings is 1. The summed E-state index contributed by atoms with van der Waals surface area (Å²) in [5.41, 5.74) is 2.26. The first kappa shape index (κ1) is 13.2. The molecule has 0 amide bonds. The lowest BCUT2D eigenvalue weighted by Gasteiger charge is -2.22. The van der Waals surface area contributed by atoms with E-state index in [0.29, 0.717) is 6.04 Å². The maximum absolute atomic E-state index is 4.29. The van der Waals surface area contributed by atoms with E-state index in [9.17, 15) is 0 Å². The van der Waals surface area contributed by atoms with Crippen molar-refractivity contribution in [3.63, 3.8) is 0 Å². The van der Waals surface area contributed by atoms with Crippen molar-refractivity contribution in [1.29, 1.82) is 0 Å². The van der Waals surface area contributed by atoms with Gasteiger partial charge >= 0.3 is 0 Å². The monoisotopic (exact) mass is 247 g/mol. The van der Waals surface area contributed by atoms with Crippen LogP contribution >= 0.6 is 0 Å². The van der Waals surface area contributed by atoms with E-state index < -0.39 is 0 Å². The van der Waals surface area contributed by atoms with Crippen molar-refractivity contribution >= 4 is 11.4 Å². The second kappa shape index (κ2) is 7.24. The summed E-state index contributed by atoms with van der Waals surface area (Å²) >= 11 is 0. The summed E-state index contributed by atoms with van der Waals surface area (Å²) in [5, 5.41) is 6.95. The van der Waals surface area contributed by atoms with Crippen LogP contribution in [0.5, 0.6) is 0 Å². The van der Waals surface area contributed by atoms with E-state index in [1.807, 2.05) is 12.4 Å². The Balaban J connectivity index is 1.92. The summed E-state index contributed by atoms with van der Waals surface area (Å²) < 4.78 is 0. The molecule has 1 aromatic heterocycles.